The molecule has 2 heterocycles. The Balaban J connectivity index is 2.07. The van der Waals surface area contributed by atoms with Crippen LogP contribution in [0.15, 0.2) is 27.4 Å². The maximum absolute atomic E-state index is 12.7. The Bertz CT molecular complexity index is 1430. The summed E-state index contributed by atoms with van der Waals surface area (Å²) in [6.07, 6.45) is -7.02. The van der Waals surface area contributed by atoms with Crippen LogP contribution in [0.1, 0.15) is 48.0 Å². The Morgan fingerprint density at radius 1 is 0.814 bits per heavy atom. The van der Waals surface area contributed by atoms with Gasteiger partial charge in [0.1, 0.15) is 24.0 Å². The van der Waals surface area contributed by atoms with Crippen molar-refractivity contribution in [2.75, 3.05) is 13.2 Å². The fraction of sp³-hybridized carbons (Fsp3) is 0.500. The first-order chi connectivity index (χ1) is 20.3. The predicted octanol–water partition coefficient (Wildman–Crippen LogP) is 1.97. The van der Waals surface area contributed by atoms with Gasteiger partial charge in [-0.1, -0.05) is 6.92 Å². The summed E-state index contributed by atoms with van der Waals surface area (Å²) in [7, 11) is 0. The maximum Gasteiger partial charge on any atom is 0.383 e. The number of hydrogen-bond donors (Lipinski definition) is 0. The number of carbonyl (C=O) groups is 5. The van der Waals surface area contributed by atoms with Crippen LogP contribution < -0.4 is 19.8 Å². The molecule has 15 nitrogen and oxygen atoms in total. The molecule has 0 bridgehead atoms. The van der Waals surface area contributed by atoms with E-state index in [2.05, 4.69) is 0 Å². The Morgan fingerprint density at radius 2 is 1.44 bits per heavy atom. The van der Waals surface area contributed by atoms with Crippen LogP contribution in [-0.2, 0) is 47.7 Å². The topological polar surface area (TPSA) is 189 Å². The summed E-state index contributed by atoms with van der Waals surface area (Å²) < 4.78 is 49.2. The van der Waals surface area contributed by atoms with Crippen molar-refractivity contribution in [3.8, 4) is 17.2 Å². The van der Waals surface area contributed by atoms with Crippen LogP contribution in [-0.4, -0.2) is 73.8 Å². The van der Waals surface area contributed by atoms with Crippen molar-refractivity contribution in [1.82, 2.24) is 0 Å². The van der Waals surface area contributed by atoms with Gasteiger partial charge >= 0.3 is 35.5 Å². The van der Waals surface area contributed by atoms with Gasteiger partial charge in [0, 0.05) is 40.2 Å². The Morgan fingerprint density at radius 3 is 2.02 bits per heavy atom. The number of rotatable bonds is 11. The molecule has 0 unspecified atom stereocenters. The molecule has 1 aromatic carbocycles. The van der Waals surface area contributed by atoms with E-state index in [0.29, 0.717) is 0 Å². The number of carbonyl (C=O) groups excluding carboxylic acids is 5. The van der Waals surface area contributed by atoms with E-state index in [1.165, 1.54) is 18.2 Å². The van der Waals surface area contributed by atoms with Crippen molar-refractivity contribution < 1.29 is 66.3 Å². The lowest BCUT2D eigenvalue weighted by atomic mass is 9.98. The average Bonchev–Trinajstić information content (AvgIpc) is 2.91. The molecule has 0 radical (unpaired) electrons. The summed E-state index contributed by atoms with van der Waals surface area (Å²) in [5, 5.41) is 0.272. The van der Waals surface area contributed by atoms with Crippen molar-refractivity contribution >= 4 is 40.8 Å². The Kier molecular flexibility index (Phi) is 11.1. The lowest BCUT2D eigenvalue weighted by Crippen LogP contribution is -2.63. The second kappa shape index (κ2) is 14.5. The van der Waals surface area contributed by atoms with Crippen molar-refractivity contribution in [3.63, 3.8) is 0 Å². The molecule has 43 heavy (non-hydrogen) atoms. The largest absolute Gasteiger partial charge is 0.489 e. The number of ether oxygens (including phenoxy) is 8. The van der Waals surface area contributed by atoms with Gasteiger partial charge in [-0.25, -0.2) is 4.79 Å². The van der Waals surface area contributed by atoms with Crippen LogP contribution in [0, 0.1) is 0 Å². The molecule has 5 atom stereocenters. The molecule has 0 N–H and O–H groups in total. The summed E-state index contributed by atoms with van der Waals surface area (Å²) in [5.41, 5.74) is -1.00. The molecule has 1 aliphatic heterocycles. The van der Waals surface area contributed by atoms with Crippen molar-refractivity contribution in [1.29, 1.82) is 0 Å². The normalized spacial score (nSPS) is 21.3. The first-order valence-electron chi connectivity index (χ1n) is 13.3. The van der Waals surface area contributed by atoms with Crippen LogP contribution in [0.4, 0.5) is 0 Å². The van der Waals surface area contributed by atoms with E-state index in [1.54, 1.807) is 13.8 Å². The molecule has 0 saturated carbocycles. The molecular formula is C28H32O15. The number of benzene rings is 1. The van der Waals surface area contributed by atoms with E-state index in [4.69, 9.17) is 42.3 Å². The highest BCUT2D eigenvalue weighted by molar-refractivity contribution is 5.88. The summed E-state index contributed by atoms with van der Waals surface area (Å²) in [6, 6.07) is 4.20. The molecule has 1 aliphatic rings. The zero-order valence-corrected chi connectivity index (χ0v) is 24.4. The summed E-state index contributed by atoms with van der Waals surface area (Å²) >= 11 is 0. The van der Waals surface area contributed by atoms with E-state index in [1.807, 2.05) is 0 Å². The average molecular weight is 609 g/mol. The van der Waals surface area contributed by atoms with E-state index in [0.717, 1.165) is 27.7 Å². The van der Waals surface area contributed by atoms with E-state index < -0.39 is 78.5 Å². The molecule has 0 spiro atoms. The summed E-state index contributed by atoms with van der Waals surface area (Å²) in [6.45, 7) is 7.36. The Labute approximate surface area is 245 Å². The van der Waals surface area contributed by atoms with Gasteiger partial charge in [-0.3, -0.25) is 24.0 Å². The van der Waals surface area contributed by atoms with Crippen molar-refractivity contribution in [2.45, 2.75) is 78.7 Å². The highest BCUT2D eigenvalue weighted by Crippen LogP contribution is 2.36. The van der Waals surface area contributed by atoms with Crippen molar-refractivity contribution in [3.05, 3.63) is 28.6 Å². The standard InChI is InChI=1S/C28H32O15/c1-7-21(33)43-25-22(35-8-2)18-10-9-17(11-19(18)41-27(25)34)40-28-26(39-16(6)32)24(38-15(5)31)23(37-14(4)30)20(42-28)12-36-13(3)29/h9-11,20,23-24,26,28H,7-8,12H2,1-6H3/t20-,23-,24+,26-,28-/m1/s1. The molecule has 1 aromatic heterocycles. The van der Waals surface area contributed by atoms with Gasteiger partial charge in [0.15, 0.2) is 18.0 Å². The SMILES string of the molecule is CCOc1c(OC(=O)CC)c(=O)oc2cc(O[C@@H]3O[C@H](COC(C)=O)[C@@H](OC(C)=O)[C@H](OC(C)=O)[C@H]3OC(C)=O)ccc12. The van der Waals surface area contributed by atoms with Gasteiger partial charge in [-0.2, -0.15) is 0 Å². The van der Waals surface area contributed by atoms with Gasteiger partial charge in [0.05, 0.1) is 12.0 Å². The van der Waals surface area contributed by atoms with Gasteiger partial charge in [-0.05, 0) is 19.1 Å². The van der Waals surface area contributed by atoms with Gasteiger partial charge in [0.2, 0.25) is 12.4 Å². The lowest BCUT2D eigenvalue weighted by molar-refractivity contribution is -0.288. The lowest BCUT2D eigenvalue weighted by Gasteiger charge is -2.43. The second-order valence-electron chi connectivity index (χ2n) is 9.15. The molecule has 0 aliphatic carbocycles. The predicted molar refractivity (Wildman–Crippen MR) is 142 cm³/mol. The highest BCUT2D eigenvalue weighted by atomic mass is 16.7. The molecule has 3 rings (SSSR count). The van der Waals surface area contributed by atoms with Crippen LogP contribution in [0.25, 0.3) is 11.0 Å². The molecule has 2 aromatic rings. The zero-order chi connectivity index (χ0) is 31.8. The summed E-state index contributed by atoms with van der Waals surface area (Å²) in [4.78, 5) is 72.1. The van der Waals surface area contributed by atoms with Gasteiger partial charge in [0.25, 0.3) is 5.75 Å². The first-order valence-corrected chi connectivity index (χ1v) is 13.3. The minimum Gasteiger partial charge on any atom is -0.489 e. The minimum absolute atomic E-state index is 0.00576. The molecular weight excluding hydrogens is 576 g/mol. The van der Waals surface area contributed by atoms with Crippen LogP contribution in [0.2, 0.25) is 0 Å². The van der Waals surface area contributed by atoms with Gasteiger partial charge in [-0.15, -0.1) is 0 Å². The molecule has 234 valence electrons. The smallest absolute Gasteiger partial charge is 0.383 e. The third-order valence-corrected chi connectivity index (χ3v) is 5.79. The van der Waals surface area contributed by atoms with Crippen molar-refractivity contribution in [2.24, 2.45) is 0 Å². The van der Waals surface area contributed by atoms with E-state index >= 15 is 0 Å². The van der Waals surface area contributed by atoms with Crippen LogP contribution >= 0.6 is 0 Å². The number of hydrogen-bond acceptors (Lipinski definition) is 15. The monoisotopic (exact) mass is 608 g/mol. The highest BCUT2D eigenvalue weighted by Gasteiger charge is 2.53. The van der Waals surface area contributed by atoms with E-state index in [9.17, 15) is 28.8 Å². The van der Waals surface area contributed by atoms with Crippen LogP contribution in [0.3, 0.4) is 0 Å². The maximum atomic E-state index is 12.7. The number of fused-ring (bicyclic) bond motifs is 1. The first kappa shape index (κ1) is 32.8. The van der Waals surface area contributed by atoms with Gasteiger partial charge < -0.3 is 42.3 Å². The van der Waals surface area contributed by atoms with E-state index in [-0.39, 0.29) is 35.5 Å². The zero-order valence-electron chi connectivity index (χ0n) is 24.4. The fourth-order valence-corrected chi connectivity index (χ4v) is 4.19. The minimum atomic E-state index is -1.51. The molecule has 1 fully saturated rings. The second-order valence-corrected chi connectivity index (χ2v) is 9.15. The number of esters is 5. The molecule has 1 saturated heterocycles. The third-order valence-electron chi connectivity index (χ3n) is 5.79. The quantitative estimate of drug-likeness (QED) is 0.204. The molecule has 15 heteroatoms. The van der Waals surface area contributed by atoms with Crippen LogP contribution in [0.5, 0.6) is 17.2 Å². The summed E-state index contributed by atoms with van der Waals surface area (Å²) in [5.74, 6) is -4.14. The molecule has 0 amide bonds. The fourth-order valence-electron chi connectivity index (χ4n) is 4.19. The third kappa shape index (κ3) is 8.44. The Hall–Kier alpha value is -4.66.